The van der Waals surface area contributed by atoms with Crippen LogP contribution in [-0.4, -0.2) is 92.6 Å². The minimum atomic E-state index is -4.64. The van der Waals surface area contributed by atoms with Crippen LogP contribution in [0.1, 0.15) is 12.6 Å². The molecule has 24 heteroatoms. The molecule has 14 N–H and O–H groups in total. The highest BCUT2D eigenvalue weighted by Crippen LogP contribution is 2.30. The Bertz CT molecular complexity index is 1050. The van der Waals surface area contributed by atoms with E-state index < -0.39 is 47.5 Å². The van der Waals surface area contributed by atoms with Crippen molar-refractivity contribution in [3.63, 3.8) is 0 Å². The van der Waals surface area contributed by atoms with Gasteiger partial charge in [-0.3, -0.25) is 14.3 Å². The van der Waals surface area contributed by atoms with Crippen LogP contribution in [0.2, 0.25) is 0 Å². The van der Waals surface area contributed by atoms with Gasteiger partial charge in [-0.05, 0) is 0 Å². The number of H-pyrrole nitrogens is 1. The maximum Gasteiger partial charge on any atom is 0.466 e. The molecule has 1 aliphatic heterocycles. The number of aromatic nitrogens is 4. The topological polar surface area (TPSA) is 373 Å². The first kappa shape index (κ1) is 32.4. The van der Waals surface area contributed by atoms with Gasteiger partial charge in [-0.2, -0.15) is 4.98 Å². The number of nitrogens with zero attached hydrogens (tertiary/aromatic N) is 3. The Morgan fingerprint density at radius 3 is 1.85 bits per heavy atom. The second kappa shape index (κ2) is 12.9. The highest BCUT2D eigenvalue weighted by atomic mass is 31.2. The zero-order valence-electron chi connectivity index (χ0n) is 16.4. The zero-order chi connectivity index (χ0) is 27.1. The predicted octanol–water partition coefficient (Wildman–Crippen LogP) is -4.44. The van der Waals surface area contributed by atoms with Crippen molar-refractivity contribution in [3.8, 4) is 0 Å². The van der Waals surface area contributed by atoms with Crippen molar-refractivity contribution in [2.45, 2.75) is 24.9 Å². The number of nitrogens with two attached hydrogens (primary N) is 1. The molecule has 1 aliphatic rings. The molecular formula is C10H22N5O16P3. The molecule has 3 rings (SSSR count). The lowest BCUT2D eigenvalue weighted by atomic mass is 10.2. The number of ether oxygens (including phenoxy) is 1. The van der Waals surface area contributed by atoms with Crippen molar-refractivity contribution in [1.82, 2.24) is 19.5 Å². The van der Waals surface area contributed by atoms with E-state index in [1.165, 1.54) is 10.9 Å². The van der Waals surface area contributed by atoms with E-state index >= 15 is 0 Å². The molecule has 0 amide bonds. The standard InChI is InChI=1S/C10H13N5O4.3H3O4P/c11-10-13-7-6(8(18)14-10)12-3-15(7)9-5(17)1-4(2-16)19-9;3*1-5(2,3)4/h3-5,9,16-17H,1-2H2,(H3,11,13,14,18);3*(H3,1,2,3,4)/t4-,5+,9+;;;/m0.../s1. The zero-order valence-corrected chi connectivity index (χ0v) is 19.1. The van der Waals surface area contributed by atoms with Crippen molar-refractivity contribution in [1.29, 1.82) is 0 Å². The van der Waals surface area contributed by atoms with Crippen molar-refractivity contribution in [2.24, 2.45) is 0 Å². The van der Waals surface area contributed by atoms with Gasteiger partial charge in [-0.25, -0.2) is 18.7 Å². The normalized spacial score (nSPS) is 20.4. The van der Waals surface area contributed by atoms with Gasteiger partial charge >= 0.3 is 23.5 Å². The number of nitrogens with one attached hydrogen (secondary N) is 1. The molecule has 0 aromatic carbocycles. The largest absolute Gasteiger partial charge is 0.466 e. The van der Waals surface area contributed by atoms with Crippen molar-refractivity contribution in [2.75, 3.05) is 12.3 Å². The van der Waals surface area contributed by atoms with Crippen LogP contribution in [0.5, 0.6) is 0 Å². The number of aromatic amines is 1. The Morgan fingerprint density at radius 2 is 1.47 bits per heavy atom. The van der Waals surface area contributed by atoms with Gasteiger partial charge in [0.2, 0.25) is 5.95 Å². The molecule has 1 saturated heterocycles. The van der Waals surface area contributed by atoms with Gasteiger partial charge in [-0.1, -0.05) is 0 Å². The molecule has 3 atom stereocenters. The van der Waals surface area contributed by atoms with Gasteiger partial charge in [0, 0.05) is 6.42 Å². The average Bonchev–Trinajstić information content (AvgIpc) is 3.13. The summed E-state index contributed by atoms with van der Waals surface area (Å²) in [6.45, 7) is -0.184. The van der Waals surface area contributed by atoms with Crippen LogP contribution in [-0.2, 0) is 18.4 Å². The number of hydrogen-bond acceptors (Lipinski definition) is 10. The van der Waals surface area contributed by atoms with Gasteiger partial charge in [0.25, 0.3) is 5.56 Å². The summed E-state index contributed by atoms with van der Waals surface area (Å²) in [6.07, 6.45) is -0.330. The molecular weight excluding hydrogens is 539 g/mol. The van der Waals surface area contributed by atoms with E-state index in [4.69, 9.17) is 73.3 Å². The van der Waals surface area contributed by atoms with Gasteiger partial charge in [0.1, 0.15) is 6.10 Å². The first-order valence-electron chi connectivity index (χ1n) is 8.11. The smallest absolute Gasteiger partial charge is 0.394 e. The molecule has 21 nitrogen and oxygen atoms in total. The van der Waals surface area contributed by atoms with Crippen LogP contribution in [0, 0.1) is 0 Å². The van der Waals surface area contributed by atoms with E-state index in [2.05, 4.69) is 15.0 Å². The molecule has 2 aromatic heterocycles. The summed E-state index contributed by atoms with van der Waals surface area (Å²) >= 11 is 0. The summed E-state index contributed by atoms with van der Waals surface area (Å²) in [5.41, 5.74) is 5.40. The first-order chi connectivity index (χ1) is 15.1. The lowest BCUT2D eigenvalue weighted by molar-refractivity contribution is -0.0486. The fourth-order valence-electron chi connectivity index (χ4n) is 2.23. The number of phosphoric acid groups is 3. The fraction of sp³-hybridized carbons (Fsp3) is 0.500. The SMILES string of the molecule is Nc1nc2c(ncn2[C@@H]2O[C@H](CO)C[C@H]2O)c(=O)[nH]1.O=P(O)(O)O.O=P(O)(O)O.O=P(O)(O)O. The molecule has 34 heavy (non-hydrogen) atoms. The number of hydrogen-bond donors (Lipinski definition) is 13. The Balaban J connectivity index is 0.000000599. The highest BCUT2D eigenvalue weighted by molar-refractivity contribution is 7.45. The van der Waals surface area contributed by atoms with Crippen molar-refractivity contribution in [3.05, 3.63) is 16.7 Å². The molecule has 198 valence electrons. The van der Waals surface area contributed by atoms with Crippen LogP contribution < -0.4 is 11.3 Å². The van der Waals surface area contributed by atoms with E-state index in [0.29, 0.717) is 6.42 Å². The average molecular weight is 561 g/mol. The molecule has 2 aromatic rings. The highest BCUT2D eigenvalue weighted by Gasteiger charge is 2.36. The second-order valence-electron chi connectivity index (χ2n) is 5.95. The minimum Gasteiger partial charge on any atom is -0.394 e. The number of nitrogen functional groups attached to an aromatic ring is 1. The molecule has 0 saturated carbocycles. The maximum atomic E-state index is 11.6. The predicted molar refractivity (Wildman–Crippen MR) is 107 cm³/mol. The Kier molecular flexibility index (Phi) is 12.3. The third-order valence-electron chi connectivity index (χ3n) is 3.09. The van der Waals surface area contributed by atoms with Crippen LogP contribution in [0.15, 0.2) is 11.1 Å². The Morgan fingerprint density at radius 1 is 1.03 bits per heavy atom. The number of fused-ring (bicyclic) bond motifs is 1. The van der Waals surface area contributed by atoms with Gasteiger partial charge in [-0.15, -0.1) is 0 Å². The van der Waals surface area contributed by atoms with Gasteiger partial charge in [0.05, 0.1) is 19.0 Å². The quantitative estimate of drug-likeness (QED) is 0.154. The molecule has 0 bridgehead atoms. The van der Waals surface area contributed by atoms with Crippen LogP contribution in [0.3, 0.4) is 0 Å². The summed E-state index contributed by atoms with van der Waals surface area (Å²) in [6, 6.07) is 0. The number of aliphatic hydroxyl groups is 2. The fourth-order valence-corrected chi connectivity index (χ4v) is 2.23. The van der Waals surface area contributed by atoms with E-state index in [9.17, 15) is 9.90 Å². The second-order valence-corrected chi connectivity index (χ2v) is 9.03. The Labute approximate surface area is 187 Å². The molecule has 0 spiro atoms. The molecule has 0 unspecified atom stereocenters. The van der Waals surface area contributed by atoms with Crippen molar-refractivity contribution >= 4 is 40.6 Å². The molecule has 1 fully saturated rings. The molecule has 0 aliphatic carbocycles. The van der Waals surface area contributed by atoms with Crippen LogP contribution in [0.25, 0.3) is 11.2 Å². The number of anilines is 1. The Hall–Kier alpha value is -1.64. The molecule has 0 radical (unpaired) electrons. The van der Waals surface area contributed by atoms with E-state index in [1.807, 2.05) is 0 Å². The summed E-state index contributed by atoms with van der Waals surface area (Å²) in [5.74, 6) is -0.0366. The third-order valence-corrected chi connectivity index (χ3v) is 3.09. The third kappa shape index (κ3) is 15.3. The summed E-state index contributed by atoms with van der Waals surface area (Å²) in [4.78, 5) is 86.6. The lowest BCUT2D eigenvalue weighted by Gasteiger charge is -2.16. The van der Waals surface area contributed by atoms with Crippen LogP contribution in [0.4, 0.5) is 5.95 Å². The number of imidazole rings is 1. The number of aliphatic hydroxyl groups excluding tert-OH is 2. The molecule has 3 heterocycles. The summed E-state index contributed by atoms with van der Waals surface area (Å²) in [7, 11) is -13.9. The van der Waals surface area contributed by atoms with E-state index in [0.717, 1.165) is 0 Å². The van der Waals surface area contributed by atoms with Gasteiger partial charge in [0.15, 0.2) is 17.4 Å². The van der Waals surface area contributed by atoms with E-state index in [-0.39, 0.29) is 23.7 Å². The van der Waals surface area contributed by atoms with E-state index in [1.54, 1.807) is 0 Å². The monoisotopic (exact) mass is 561 g/mol. The minimum absolute atomic E-state index is 0.0366. The first-order valence-corrected chi connectivity index (χ1v) is 12.8. The van der Waals surface area contributed by atoms with Crippen molar-refractivity contribution < 1.29 is 72.7 Å². The summed E-state index contributed by atoms with van der Waals surface area (Å²) in [5, 5.41) is 19.0. The maximum absolute atomic E-state index is 11.6. The number of rotatable bonds is 2. The van der Waals surface area contributed by atoms with Gasteiger partial charge < -0.3 is 64.7 Å². The summed E-state index contributed by atoms with van der Waals surface area (Å²) < 4.78 is 33.6. The van der Waals surface area contributed by atoms with Crippen LogP contribution >= 0.6 is 23.5 Å². The lowest BCUT2D eigenvalue weighted by Crippen LogP contribution is -2.20.